The van der Waals surface area contributed by atoms with Crippen molar-refractivity contribution in [1.29, 1.82) is 0 Å². The van der Waals surface area contributed by atoms with Gasteiger partial charge in [0.1, 0.15) is 0 Å². The Morgan fingerprint density at radius 3 is 2.18 bits per heavy atom. The molecule has 0 spiro atoms. The lowest BCUT2D eigenvalue weighted by atomic mass is 10.4. The van der Waals surface area contributed by atoms with E-state index in [9.17, 15) is 8.42 Å². The van der Waals surface area contributed by atoms with E-state index >= 15 is 0 Å². The molecule has 0 aromatic rings. The Bertz CT molecular complexity index is 293. The molecule has 0 atom stereocenters. The van der Waals surface area contributed by atoms with E-state index in [1.807, 2.05) is 13.8 Å². The number of nitrogens with one attached hydrogen (secondary N) is 1. The van der Waals surface area contributed by atoms with Crippen molar-refractivity contribution < 1.29 is 17.9 Å². The summed E-state index contributed by atoms with van der Waals surface area (Å²) in [6, 6.07) is 0. The van der Waals surface area contributed by atoms with Gasteiger partial charge in [0.05, 0.1) is 11.8 Å². The molecule has 0 bridgehead atoms. The molecule has 1 fully saturated rings. The molecule has 17 heavy (non-hydrogen) atoms. The van der Waals surface area contributed by atoms with E-state index in [0.29, 0.717) is 13.2 Å². The SMILES string of the molecule is CCOC(CNS(=O)(=O)C1CCCC1)OCC. The summed E-state index contributed by atoms with van der Waals surface area (Å²) in [7, 11) is -3.20. The van der Waals surface area contributed by atoms with Crippen molar-refractivity contribution in [2.45, 2.75) is 51.1 Å². The van der Waals surface area contributed by atoms with Crippen molar-refractivity contribution in [2.75, 3.05) is 19.8 Å². The largest absolute Gasteiger partial charge is 0.352 e. The van der Waals surface area contributed by atoms with E-state index in [0.717, 1.165) is 25.7 Å². The van der Waals surface area contributed by atoms with Crippen LogP contribution in [0.4, 0.5) is 0 Å². The number of sulfonamides is 1. The quantitative estimate of drug-likeness (QED) is 0.671. The molecule has 1 aliphatic carbocycles. The maximum atomic E-state index is 11.9. The van der Waals surface area contributed by atoms with E-state index in [1.165, 1.54) is 0 Å². The second-order valence-electron chi connectivity index (χ2n) is 4.14. The maximum Gasteiger partial charge on any atom is 0.214 e. The minimum atomic E-state index is -3.20. The molecule has 1 N–H and O–H groups in total. The molecule has 0 amide bonds. The molecule has 0 radical (unpaired) electrons. The molecule has 0 aliphatic heterocycles. The number of hydrogen-bond acceptors (Lipinski definition) is 4. The average Bonchev–Trinajstić information content (AvgIpc) is 2.81. The molecular formula is C11H23NO4S. The van der Waals surface area contributed by atoms with Crippen molar-refractivity contribution in [1.82, 2.24) is 4.72 Å². The van der Waals surface area contributed by atoms with E-state index < -0.39 is 16.3 Å². The molecule has 0 unspecified atom stereocenters. The highest BCUT2D eigenvalue weighted by Gasteiger charge is 2.29. The Kier molecular flexibility index (Phi) is 6.40. The van der Waals surface area contributed by atoms with E-state index in [2.05, 4.69) is 4.72 Å². The predicted octanol–water partition coefficient (Wildman–Crippen LogP) is 1.25. The molecule has 0 saturated heterocycles. The van der Waals surface area contributed by atoms with Gasteiger partial charge in [-0.1, -0.05) is 12.8 Å². The third-order valence-electron chi connectivity index (χ3n) is 2.90. The Morgan fingerprint density at radius 1 is 1.18 bits per heavy atom. The van der Waals surface area contributed by atoms with Gasteiger partial charge in [0.15, 0.2) is 6.29 Å². The number of rotatable bonds is 8. The maximum absolute atomic E-state index is 11.9. The molecule has 1 aliphatic rings. The first kappa shape index (κ1) is 14.9. The van der Waals surface area contributed by atoms with E-state index in [4.69, 9.17) is 9.47 Å². The van der Waals surface area contributed by atoms with Crippen LogP contribution in [0.3, 0.4) is 0 Å². The van der Waals surface area contributed by atoms with Crippen LogP contribution in [-0.4, -0.2) is 39.7 Å². The highest BCUT2D eigenvalue weighted by atomic mass is 32.2. The van der Waals surface area contributed by atoms with Gasteiger partial charge in [0.2, 0.25) is 10.0 Å². The van der Waals surface area contributed by atoms with Crippen LogP contribution in [0.1, 0.15) is 39.5 Å². The minimum absolute atomic E-state index is 0.195. The van der Waals surface area contributed by atoms with Crippen LogP contribution in [0.2, 0.25) is 0 Å². The molecule has 6 heteroatoms. The molecule has 0 aromatic heterocycles. The first-order valence-corrected chi connectivity index (χ1v) is 7.86. The zero-order valence-electron chi connectivity index (χ0n) is 10.6. The van der Waals surface area contributed by atoms with Crippen molar-refractivity contribution in [3.63, 3.8) is 0 Å². The summed E-state index contributed by atoms with van der Waals surface area (Å²) < 4.78 is 37.0. The second kappa shape index (κ2) is 7.31. The Labute approximate surface area is 104 Å². The van der Waals surface area contributed by atoms with Gasteiger partial charge >= 0.3 is 0 Å². The molecule has 1 saturated carbocycles. The molecule has 5 nitrogen and oxygen atoms in total. The summed E-state index contributed by atoms with van der Waals surface area (Å²) in [5.41, 5.74) is 0. The van der Waals surface area contributed by atoms with Gasteiger partial charge in [0, 0.05) is 13.2 Å². The second-order valence-corrected chi connectivity index (χ2v) is 6.19. The Hall–Kier alpha value is -0.170. The standard InChI is InChI=1S/C11H23NO4S/c1-3-15-11(16-4-2)9-12-17(13,14)10-7-5-6-8-10/h10-12H,3-9H2,1-2H3. The van der Waals surface area contributed by atoms with Gasteiger partial charge in [-0.3, -0.25) is 0 Å². The van der Waals surface area contributed by atoms with Crippen LogP contribution >= 0.6 is 0 Å². The van der Waals surface area contributed by atoms with Crippen LogP contribution in [-0.2, 0) is 19.5 Å². The van der Waals surface area contributed by atoms with Crippen LogP contribution in [0, 0.1) is 0 Å². The zero-order chi connectivity index (χ0) is 12.7. The summed E-state index contributed by atoms with van der Waals surface area (Å²) in [5.74, 6) is 0. The van der Waals surface area contributed by atoms with E-state index in [1.54, 1.807) is 0 Å². The minimum Gasteiger partial charge on any atom is -0.352 e. The van der Waals surface area contributed by atoms with Gasteiger partial charge in [-0.25, -0.2) is 13.1 Å². The molecule has 1 rings (SSSR count). The lowest BCUT2D eigenvalue weighted by molar-refractivity contribution is -0.130. The average molecular weight is 265 g/mol. The third kappa shape index (κ3) is 4.91. The van der Waals surface area contributed by atoms with Crippen LogP contribution in [0.15, 0.2) is 0 Å². The Morgan fingerprint density at radius 2 is 1.71 bits per heavy atom. The van der Waals surface area contributed by atoms with Crippen molar-refractivity contribution in [2.24, 2.45) is 0 Å². The topological polar surface area (TPSA) is 64.6 Å². The fraction of sp³-hybridized carbons (Fsp3) is 1.00. The number of ether oxygens (including phenoxy) is 2. The molecular weight excluding hydrogens is 242 g/mol. The summed E-state index contributed by atoms with van der Waals surface area (Å²) in [6.45, 7) is 4.93. The van der Waals surface area contributed by atoms with Crippen LogP contribution < -0.4 is 4.72 Å². The predicted molar refractivity (Wildman–Crippen MR) is 66.2 cm³/mol. The summed E-state index contributed by atoms with van der Waals surface area (Å²) in [5, 5.41) is -0.230. The van der Waals surface area contributed by atoms with Crippen molar-refractivity contribution in [3.05, 3.63) is 0 Å². The van der Waals surface area contributed by atoms with Crippen LogP contribution in [0.5, 0.6) is 0 Å². The van der Waals surface area contributed by atoms with Gasteiger partial charge < -0.3 is 9.47 Å². The van der Waals surface area contributed by atoms with Gasteiger partial charge in [0.25, 0.3) is 0 Å². The number of hydrogen-bond donors (Lipinski definition) is 1. The molecule has 0 aromatic carbocycles. The van der Waals surface area contributed by atoms with Crippen LogP contribution in [0.25, 0.3) is 0 Å². The highest BCUT2D eigenvalue weighted by Crippen LogP contribution is 2.23. The van der Waals surface area contributed by atoms with Gasteiger partial charge in [-0.15, -0.1) is 0 Å². The summed E-state index contributed by atoms with van der Waals surface area (Å²) in [6.07, 6.45) is 3.06. The lowest BCUT2D eigenvalue weighted by Gasteiger charge is -2.19. The van der Waals surface area contributed by atoms with E-state index in [-0.39, 0.29) is 11.8 Å². The summed E-state index contributed by atoms with van der Waals surface area (Å²) >= 11 is 0. The first-order chi connectivity index (χ1) is 8.10. The third-order valence-corrected chi connectivity index (χ3v) is 4.82. The lowest BCUT2D eigenvalue weighted by Crippen LogP contribution is -2.39. The van der Waals surface area contributed by atoms with Crippen molar-refractivity contribution >= 4 is 10.0 Å². The fourth-order valence-corrected chi connectivity index (χ4v) is 3.60. The van der Waals surface area contributed by atoms with Crippen molar-refractivity contribution in [3.8, 4) is 0 Å². The first-order valence-electron chi connectivity index (χ1n) is 6.31. The molecule has 0 heterocycles. The summed E-state index contributed by atoms with van der Waals surface area (Å²) in [4.78, 5) is 0. The normalized spacial score (nSPS) is 18.1. The fourth-order valence-electron chi connectivity index (χ4n) is 2.04. The Balaban J connectivity index is 2.40. The highest BCUT2D eigenvalue weighted by molar-refractivity contribution is 7.90. The van der Waals surface area contributed by atoms with Gasteiger partial charge in [-0.2, -0.15) is 0 Å². The monoisotopic (exact) mass is 265 g/mol. The molecule has 102 valence electrons. The zero-order valence-corrected chi connectivity index (χ0v) is 11.5. The van der Waals surface area contributed by atoms with Gasteiger partial charge in [-0.05, 0) is 26.7 Å². The smallest absolute Gasteiger partial charge is 0.214 e.